The zero-order valence-electron chi connectivity index (χ0n) is 15.8. The van der Waals surface area contributed by atoms with Crippen molar-refractivity contribution in [3.63, 3.8) is 0 Å². The largest absolute Gasteiger partial charge is 0.338 e. The standard InChI is InChI=1S/C18H24N4O3S2/c1-4-21(15-9-10-27(24,25)12-15)17(23)11-26-18-20-19-14(3)22(18)16-8-6-5-7-13(16)2/h5-8,15H,4,9-12H2,1-3H3/t15-/m1/s1. The lowest BCUT2D eigenvalue weighted by atomic mass is 10.2. The van der Waals surface area contributed by atoms with Crippen LogP contribution in [-0.2, 0) is 14.6 Å². The number of hydrogen-bond acceptors (Lipinski definition) is 6. The van der Waals surface area contributed by atoms with Gasteiger partial charge in [-0.15, -0.1) is 10.2 Å². The number of sulfone groups is 1. The highest BCUT2D eigenvalue weighted by Gasteiger charge is 2.33. The van der Waals surface area contributed by atoms with Crippen LogP contribution < -0.4 is 0 Å². The minimum Gasteiger partial charge on any atom is -0.338 e. The molecular formula is C18H24N4O3S2. The van der Waals surface area contributed by atoms with E-state index in [0.717, 1.165) is 17.1 Å². The number of benzene rings is 1. The molecule has 1 fully saturated rings. The topological polar surface area (TPSA) is 85.2 Å². The van der Waals surface area contributed by atoms with Crippen LogP contribution in [0.4, 0.5) is 0 Å². The molecule has 1 atom stereocenters. The number of para-hydroxylation sites is 1. The zero-order chi connectivity index (χ0) is 19.6. The van der Waals surface area contributed by atoms with Crippen LogP contribution in [0.1, 0.15) is 24.7 Å². The minimum absolute atomic E-state index is 0.0652. The lowest BCUT2D eigenvalue weighted by Gasteiger charge is -2.26. The third-order valence-electron chi connectivity index (χ3n) is 4.79. The number of aromatic nitrogens is 3. The predicted octanol–water partition coefficient (Wildman–Crippen LogP) is 2.01. The predicted molar refractivity (Wildman–Crippen MR) is 106 cm³/mol. The van der Waals surface area contributed by atoms with Crippen molar-refractivity contribution in [1.82, 2.24) is 19.7 Å². The Morgan fingerprint density at radius 2 is 2.04 bits per heavy atom. The molecule has 3 rings (SSSR count). The van der Waals surface area contributed by atoms with Crippen molar-refractivity contribution in [3.05, 3.63) is 35.7 Å². The maximum Gasteiger partial charge on any atom is 0.233 e. The zero-order valence-corrected chi connectivity index (χ0v) is 17.4. The third kappa shape index (κ3) is 4.35. The summed E-state index contributed by atoms with van der Waals surface area (Å²) in [7, 11) is -3.02. The average Bonchev–Trinajstić information content (AvgIpc) is 3.16. The van der Waals surface area contributed by atoms with E-state index in [1.54, 1.807) is 4.90 Å². The lowest BCUT2D eigenvalue weighted by Crippen LogP contribution is -2.42. The number of amides is 1. The number of thioether (sulfide) groups is 1. The van der Waals surface area contributed by atoms with Gasteiger partial charge in [0.15, 0.2) is 15.0 Å². The molecule has 7 nitrogen and oxygen atoms in total. The van der Waals surface area contributed by atoms with Gasteiger partial charge in [-0.25, -0.2) is 8.42 Å². The number of carbonyl (C=O) groups excluding carboxylic acids is 1. The molecule has 1 saturated heterocycles. The molecule has 1 amide bonds. The van der Waals surface area contributed by atoms with E-state index in [4.69, 9.17) is 0 Å². The molecule has 2 heterocycles. The molecule has 27 heavy (non-hydrogen) atoms. The first-order valence-corrected chi connectivity index (χ1v) is 11.7. The Bertz CT molecular complexity index is 940. The lowest BCUT2D eigenvalue weighted by molar-refractivity contribution is -0.129. The number of aryl methyl sites for hydroxylation is 2. The highest BCUT2D eigenvalue weighted by Crippen LogP contribution is 2.25. The molecule has 1 aliphatic rings. The Labute approximate surface area is 164 Å². The monoisotopic (exact) mass is 408 g/mol. The maximum absolute atomic E-state index is 12.7. The summed E-state index contributed by atoms with van der Waals surface area (Å²) >= 11 is 1.33. The van der Waals surface area contributed by atoms with Crippen molar-refractivity contribution in [2.24, 2.45) is 0 Å². The fourth-order valence-corrected chi connectivity index (χ4v) is 6.00. The van der Waals surface area contributed by atoms with Crippen LogP contribution in [-0.4, -0.2) is 63.8 Å². The van der Waals surface area contributed by atoms with Crippen molar-refractivity contribution >= 4 is 27.5 Å². The second-order valence-corrected chi connectivity index (χ2v) is 9.85. The summed E-state index contributed by atoms with van der Waals surface area (Å²) in [5, 5.41) is 9.04. The molecule has 9 heteroatoms. The molecule has 0 unspecified atom stereocenters. The van der Waals surface area contributed by atoms with Crippen LogP contribution in [0.2, 0.25) is 0 Å². The molecular weight excluding hydrogens is 384 g/mol. The van der Waals surface area contributed by atoms with Gasteiger partial charge < -0.3 is 4.90 Å². The quantitative estimate of drug-likeness (QED) is 0.680. The summed E-state index contributed by atoms with van der Waals surface area (Å²) in [4.78, 5) is 14.4. The molecule has 0 N–H and O–H groups in total. The summed E-state index contributed by atoms with van der Waals surface area (Å²) < 4.78 is 25.4. The number of carbonyl (C=O) groups is 1. The number of hydrogen-bond donors (Lipinski definition) is 0. The molecule has 0 saturated carbocycles. The Kier molecular flexibility index (Phi) is 5.90. The van der Waals surface area contributed by atoms with Crippen molar-refractivity contribution in [3.8, 4) is 5.69 Å². The van der Waals surface area contributed by atoms with Crippen molar-refractivity contribution in [1.29, 1.82) is 0 Å². The van der Waals surface area contributed by atoms with E-state index in [-0.39, 0.29) is 29.2 Å². The molecule has 146 valence electrons. The SMILES string of the molecule is CCN(C(=O)CSc1nnc(C)n1-c1ccccc1C)[C@@H]1CCS(=O)(=O)C1. The van der Waals surface area contributed by atoms with E-state index in [1.165, 1.54) is 11.8 Å². The first-order chi connectivity index (χ1) is 12.8. The van der Waals surface area contributed by atoms with Gasteiger partial charge in [-0.3, -0.25) is 9.36 Å². The van der Waals surface area contributed by atoms with E-state index in [0.29, 0.717) is 18.1 Å². The summed E-state index contributed by atoms with van der Waals surface area (Å²) in [6.07, 6.45) is 0.519. The summed E-state index contributed by atoms with van der Waals surface area (Å²) in [5.41, 5.74) is 2.09. The van der Waals surface area contributed by atoms with E-state index in [2.05, 4.69) is 10.2 Å². The van der Waals surface area contributed by atoms with Crippen LogP contribution in [0.25, 0.3) is 5.69 Å². The summed E-state index contributed by atoms with van der Waals surface area (Å²) in [6, 6.07) is 7.74. The minimum atomic E-state index is -3.02. The van der Waals surface area contributed by atoms with Gasteiger partial charge in [0.25, 0.3) is 0 Å². The molecule has 0 spiro atoms. The van der Waals surface area contributed by atoms with E-state index in [1.807, 2.05) is 49.6 Å². The Morgan fingerprint density at radius 1 is 1.30 bits per heavy atom. The van der Waals surface area contributed by atoms with Gasteiger partial charge in [-0.05, 0) is 38.8 Å². The van der Waals surface area contributed by atoms with Crippen molar-refractivity contribution in [2.75, 3.05) is 23.8 Å². The molecule has 0 radical (unpaired) electrons. The second-order valence-electron chi connectivity index (χ2n) is 6.68. The van der Waals surface area contributed by atoms with Gasteiger partial charge in [-0.2, -0.15) is 0 Å². The Hall–Kier alpha value is -1.87. The van der Waals surface area contributed by atoms with E-state index >= 15 is 0 Å². The molecule has 1 aromatic heterocycles. The van der Waals surface area contributed by atoms with Crippen LogP contribution in [0.15, 0.2) is 29.4 Å². The maximum atomic E-state index is 12.7. The molecule has 2 aromatic rings. The van der Waals surface area contributed by atoms with Crippen LogP contribution in [0, 0.1) is 13.8 Å². The fourth-order valence-electron chi connectivity index (χ4n) is 3.40. The van der Waals surface area contributed by atoms with Gasteiger partial charge >= 0.3 is 0 Å². The summed E-state index contributed by atoms with van der Waals surface area (Å²) in [6.45, 7) is 6.29. The third-order valence-corrected chi connectivity index (χ3v) is 7.45. The van der Waals surface area contributed by atoms with Crippen LogP contribution >= 0.6 is 11.8 Å². The van der Waals surface area contributed by atoms with Crippen molar-refractivity contribution < 1.29 is 13.2 Å². The van der Waals surface area contributed by atoms with Crippen LogP contribution in [0.3, 0.4) is 0 Å². The smallest absolute Gasteiger partial charge is 0.233 e. The summed E-state index contributed by atoms with van der Waals surface area (Å²) in [5.74, 6) is 1.12. The van der Waals surface area contributed by atoms with Gasteiger partial charge in [0.05, 0.1) is 22.9 Å². The van der Waals surface area contributed by atoms with Crippen molar-refractivity contribution in [2.45, 2.75) is 38.4 Å². The normalized spacial score (nSPS) is 18.6. The number of nitrogens with zero attached hydrogens (tertiary/aromatic N) is 4. The second kappa shape index (κ2) is 8.02. The highest BCUT2D eigenvalue weighted by atomic mass is 32.2. The van der Waals surface area contributed by atoms with E-state index in [9.17, 15) is 13.2 Å². The highest BCUT2D eigenvalue weighted by molar-refractivity contribution is 7.99. The number of rotatable bonds is 6. The Balaban J connectivity index is 1.74. The average molecular weight is 409 g/mol. The fraction of sp³-hybridized carbons (Fsp3) is 0.500. The van der Waals surface area contributed by atoms with Gasteiger partial charge in [0, 0.05) is 12.6 Å². The molecule has 0 bridgehead atoms. The van der Waals surface area contributed by atoms with Gasteiger partial charge in [0.1, 0.15) is 5.82 Å². The first kappa shape index (κ1) is 19.9. The van der Waals surface area contributed by atoms with E-state index < -0.39 is 9.84 Å². The molecule has 1 aliphatic heterocycles. The van der Waals surface area contributed by atoms with Gasteiger partial charge in [0.2, 0.25) is 5.91 Å². The molecule has 1 aromatic carbocycles. The molecule has 0 aliphatic carbocycles. The first-order valence-electron chi connectivity index (χ1n) is 8.93. The van der Waals surface area contributed by atoms with Crippen LogP contribution in [0.5, 0.6) is 0 Å². The van der Waals surface area contributed by atoms with Gasteiger partial charge in [-0.1, -0.05) is 30.0 Å². The Morgan fingerprint density at radius 3 is 2.67 bits per heavy atom.